The van der Waals surface area contributed by atoms with Gasteiger partial charge >= 0.3 is 0 Å². The van der Waals surface area contributed by atoms with E-state index in [1.165, 1.54) is 0 Å². The Morgan fingerprint density at radius 2 is 2.05 bits per heavy atom. The summed E-state index contributed by atoms with van der Waals surface area (Å²) in [5.41, 5.74) is 2.69. The number of benzene rings is 1. The molecule has 2 unspecified atom stereocenters. The second-order valence-electron chi connectivity index (χ2n) is 5.28. The maximum atomic E-state index is 9.78. The molecular formula is C15H23NO3. The van der Waals surface area contributed by atoms with Crippen molar-refractivity contribution in [2.45, 2.75) is 38.8 Å². The average molecular weight is 265 g/mol. The predicted molar refractivity (Wildman–Crippen MR) is 74.4 cm³/mol. The molecule has 4 nitrogen and oxygen atoms in total. The van der Waals surface area contributed by atoms with Crippen molar-refractivity contribution in [3.8, 4) is 5.75 Å². The number of aliphatic hydroxyl groups excluding tert-OH is 1. The summed E-state index contributed by atoms with van der Waals surface area (Å²) in [6, 6.07) is 3.74. The van der Waals surface area contributed by atoms with Crippen molar-refractivity contribution in [3.63, 3.8) is 0 Å². The highest BCUT2D eigenvalue weighted by atomic mass is 16.5. The molecular weight excluding hydrogens is 242 g/mol. The third-order valence-corrected chi connectivity index (χ3v) is 3.71. The van der Waals surface area contributed by atoms with E-state index in [9.17, 15) is 10.2 Å². The van der Waals surface area contributed by atoms with E-state index in [-0.39, 0.29) is 18.8 Å². The van der Waals surface area contributed by atoms with Crippen molar-refractivity contribution < 1.29 is 14.9 Å². The van der Waals surface area contributed by atoms with Gasteiger partial charge in [0, 0.05) is 13.2 Å². The maximum Gasteiger partial charge on any atom is 0.121 e. The summed E-state index contributed by atoms with van der Waals surface area (Å²) in [5, 5.41) is 22.7. The predicted octanol–water partition coefficient (Wildman–Crippen LogP) is 1.81. The van der Waals surface area contributed by atoms with Crippen LogP contribution in [0.15, 0.2) is 12.1 Å². The molecule has 0 saturated carbocycles. The molecule has 1 aliphatic heterocycles. The van der Waals surface area contributed by atoms with E-state index in [4.69, 9.17) is 4.74 Å². The van der Waals surface area contributed by atoms with Crippen molar-refractivity contribution in [2.24, 2.45) is 0 Å². The Morgan fingerprint density at radius 3 is 2.58 bits per heavy atom. The standard InChI is InChI=1S/C15H23NO3/c1-10-6-12(7-11(2)15(10)18)14(9-17)16-8-13-4-3-5-19-13/h6-7,13-14,16-18H,3-5,8-9H2,1-2H3. The minimum atomic E-state index is -0.109. The van der Waals surface area contributed by atoms with Gasteiger partial charge in [-0.05, 0) is 43.4 Å². The van der Waals surface area contributed by atoms with Gasteiger partial charge in [0.25, 0.3) is 0 Å². The van der Waals surface area contributed by atoms with E-state index < -0.39 is 0 Å². The smallest absolute Gasteiger partial charge is 0.121 e. The first-order chi connectivity index (χ1) is 9.11. The molecule has 1 aromatic carbocycles. The van der Waals surface area contributed by atoms with Crippen LogP contribution in [0.5, 0.6) is 5.75 Å². The third kappa shape index (κ3) is 3.47. The van der Waals surface area contributed by atoms with Gasteiger partial charge < -0.3 is 20.3 Å². The van der Waals surface area contributed by atoms with Crippen molar-refractivity contribution in [1.82, 2.24) is 5.32 Å². The topological polar surface area (TPSA) is 61.7 Å². The summed E-state index contributed by atoms with van der Waals surface area (Å²) in [5.74, 6) is 0.333. The van der Waals surface area contributed by atoms with Crippen molar-refractivity contribution >= 4 is 0 Å². The highest BCUT2D eigenvalue weighted by Gasteiger charge is 2.18. The number of phenolic OH excluding ortho intramolecular Hbond substituents is 1. The first-order valence-corrected chi connectivity index (χ1v) is 6.87. The van der Waals surface area contributed by atoms with Crippen LogP contribution >= 0.6 is 0 Å². The van der Waals surface area contributed by atoms with Gasteiger partial charge in [0.05, 0.1) is 18.8 Å². The molecule has 4 heteroatoms. The fourth-order valence-corrected chi connectivity index (χ4v) is 2.56. The molecule has 1 fully saturated rings. The highest BCUT2D eigenvalue weighted by Crippen LogP contribution is 2.26. The van der Waals surface area contributed by atoms with E-state index in [1.807, 2.05) is 26.0 Å². The lowest BCUT2D eigenvalue weighted by Gasteiger charge is -2.20. The van der Waals surface area contributed by atoms with Crippen LogP contribution in [0.25, 0.3) is 0 Å². The number of aliphatic hydroxyl groups is 1. The number of aromatic hydroxyl groups is 1. The first-order valence-electron chi connectivity index (χ1n) is 6.87. The number of rotatable bonds is 5. The summed E-state index contributed by atoms with van der Waals surface area (Å²) in [6.45, 7) is 5.38. The quantitative estimate of drug-likeness (QED) is 0.760. The number of hydrogen-bond acceptors (Lipinski definition) is 4. The lowest BCUT2D eigenvalue weighted by atomic mass is 10.0. The number of ether oxygens (including phenoxy) is 1. The van der Waals surface area contributed by atoms with Crippen LogP contribution in [0.4, 0.5) is 0 Å². The van der Waals surface area contributed by atoms with Crippen LogP contribution in [0.1, 0.15) is 35.6 Å². The molecule has 1 heterocycles. The molecule has 0 bridgehead atoms. The van der Waals surface area contributed by atoms with E-state index >= 15 is 0 Å². The lowest BCUT2D eigenvalue weighted by Crippen LogP contribution is -2.32. The van der Waals surface area contributed by atoms with Gasteiger partial charge in [0.2, 0.25) is 0 Å². The zero-order chi connectivity index (χ0) is 13.8. The van der Waals surface area contributed by atoms with Crippen LogP contribution in [0.2, 0.25) is 0 Å². The van der Waals surface area contributed by atoms with Gasteiger partial charge in [-0.15, -0.1) is 0 Å². The second-order valence-corrected chi connectivity index (χ2v) is 5.28. The molecule has 0 spiro atoms. The Kier molecular flexibility index (Phi) is 4.80. The Balaban J connectivity index is 2.04. The number of nitrogens with one attached hydrogen (secondary N) is 1. The molecule has 0 amide bonds. The van der Waals surface area contributed by atoms with Crippen LogP contribution in [-0.2, 0) is 4.74 Å². The summed E-state index contributed by atoms with van der Waals surface area (Å²) >= 11 is 0. The molecule has 3 N–H and O–H groups in total. The summed E-state index contributed by atoms with van der Waals surface area (Å²) in [4.78, 5) is 0. The molecule has 19 heavy (non-hydrogen) atoms. The van der Waals surface area contributed by atoms with E-state index in [0.717, 1.165) is 42.7 Å². The number of aryl methyl sites for hydroxylation is 2. The Hall–Kier alpha value is -1.10. The molecule has 0 radical (unpaired) electrons. The highest BCUT2D eigenvalue weighted by molar-refractivity contribution is 5.43. The average Bonchev–Trinajstić information content (AvgIpc) is 2.89. The zero-order valence-electron chi connectivity index (χ0n) is 11.6. The zero-order valence-corrected chi connectivity index (χ0v) is 11.6. The summed E-state index contributed by atoms with van der Waals surface area (Å²) < 4.78 is 5.57. The van der Waals surface area contributed by atoms with Gasteiger partial charge in [-0.3, -0.25) is 0 Å². The minimum Gasteiger partial charge on any atom is -0.507 e. The second kappa shape index (κ2) is 6.37. The summed E-state index contributed by atoms with van der Waals surface area (Å²) in [7, 11) is 0. The molecule has 2 atom stereocenters. The normalized spacial score (nSPS) is 20.7. The first kappa shape index (κ1) is 14.3. The van der Waals surface area contributed by atoms with Crippen molar-refractivity contribution in [3.05, 3.63) is 28.8 Å². The van der Waals surface area contributed by atoms with Gasteiger partial charge in [0.1, 0.15) is 5.75 Å². The Bertz CT molecular complexity index is 404. The van der Waals surface area contributed by atoms with E-state index in [1.54, 1.807) is 0 Å². The van der Waals surface area contributed by atoms with E-state index in [0.29, 0.717) is 5.75 Å². The van der Waals surface area contributed by atoms with Crippen LogP contribution in [0, 0.1) is 13.8 Å². The molecule has 1 aliphatic rings. The van der Waals surface area contributed by atoms with Gasteiger partial charge in [-0.1, -0.05) is 12.1 Å². The van der Waals surface area contributed by atoms with Gasteiger partial charge in [0.15, 0.2) is 0 Å². The van der Waals surface area contributed by atoms with Crippen molar-refractivity contribution in [1.29, 1.82) is 0 Å². The Morgan fingerprint density at radius 1 is 1.37 bits per heavy atom. The van der Waals surface area contributed by atoms with Crippen LogP contribution in [-0.4, -0.2) is 36.1 Å². The number of phenols is 1. The van der Waals surface area contributed by atoms with Crippen LogP contribution < -0.4 is 5.32 Å². The summed E-state index contributed by atoms with van der Waals surface area (Å²) in [6.07, 6.45) is 2.46. The maximum absolute atomic E-state index is 9.78. The minimum absolute atomic E-state index is 0.0381. The van der Waals surface area contributed by atoms with Gasteiger partial charge in [-0.25, -0.2) is 0 Å². The molecule has 106 valence electrons. The number of hydrogen-bond donors (Lipinski definition) is 3. The van der Waals surface area contributed by atoms with Gasteiger partial charge in [-0.2, -0.15) is 0 Å². The Labute approximate surface area is 114 Å². The molecule has 1 aromatic rings. The molecule has 2 rings (SSSR count). The molecule has 0 aliphatic carbocycles. The fraction of sp³-hybridized carbons (Fsp3) is 0.600. The molecule has 1 saturated heterocycles. The van der Waals surface area contributed by atoms with Crippen LogP contribution in [0.3, 0.4) is 0 Å². The molecule has 0 aromatic heterocycles. The monoisotopic (exact) mass is 265 g/mol. The largest absolute Gasteiger partial charge is 0.507 e. The lowest BCUT2D eigenvalue weighted by molar-refractivity contribution is 0.104. The van der Waals surface area contributed by atoms with E-state index in [2.05, 4.69) is 5.32 Å². The fourth-order valence-electron chi connectivity index (χ4n) is 2.56. The third-order valence-electron chi connectivity index (χ3n) is 3.71. The van der Waals surface area contributed by atoms with Crippen molar-refractivity contribution in [2.75, 3.05) is 19.8 Å². The SMILES string of the molecule is Cc1cc(C(CO)NCC2CCCO2)cc(C)c1O.